The molecule has 0 amide bonds. The number of alkyl halides is 1. The van der Waals surface area contributed by atoms with Crippen LogP contribution in [0, 0.1) is 0 Å². The summed E-state index contributed by atoms with van der Waals surface area (Å²) in [5, 5.41) is 1.05. The molecule has 1 atom stereocenters. The lowest BCUT2D eigenvalue weighted by Crippen LogP contribution is -2.02. The molecule has 62 valence electrons. The Morgan fingerprint density at radius 2 is 2.55 bits per heavy atom. The first-order valence-electron chi connectivity index (χ1n) is 3.49. The minimum absolute atomic E-state index is 0. The molecule has 11 heavy (non-hydrogen) atoms. The average molecular weight is 282 g/mol. The first kappa shape index (κ1) is 9.26. The van der Waals surface area contributed by atoms with Gasteiger partial charge in [0.05, 0.1) is 0 Å². The van der Waals surface area contributed by atoms with Gasteiger partial charge >= 0.3 is 0 Å². The highest BCUT2D eigenvalue weighted by Crippen LogP contribution is 2.25. The Morgan fingerprint density at radius 3 is 3.27 bits per heavy atom. The molecular formula is C7H10Br2N2. The molecule has 0 aromatic carbocycles. The zero-order valence-corrected chi connectivity index (χ0v) is 9.33. The van der Waals surface area contributed by atoms with Gasteiger partial charge in [-0.3, -0.25) is 0 Å². The van der Waals surface area contributed by atoms with Crippen LogP contribution in [0.3, 0.4) is 0 Å². The smallest absolute Gasteiger partial charge is 0.108 e. The van der Waals surface area contributed by atoms with E-state index in [-0.39, 0.29) is 17.0 Å². The molecule has 1 aliphatic rings. The topological polar surface area (TPSA) is 17.8 Å². The fourth-order valence-corrected chi connectivity index (χ4v) is 2.09. The van der Waals surface area contributed by atoms with Crippen LogP contribution in [0.2, 0.25) is 0 Å². The van der Waals surface area contributed by atoms with Crippen LogP contribution < -0.4 is 0 Å². The lowest BCUT2D eigenvalue weighted by molar-refractivity contribution is 0.594. The summed E-state index contributed by atoms with van der Waals surface area (Å²) in [6.07, 6.45) is 6.33. The van der Waals surface area contributed by atoms with Crippen LogP contribution in [0.4, 0.5) is 0 Å². The van der Waals surface area contributed by atoms with E-state index >= 15 is 0 Å². The molecule has 0 saturated carbocycles. The summed E-state index contributed by atoms with van der Waals surface area (Å²) in [7, 11) is 0. The third-order valence-corrected chi connectivity index (χ3v) is 2.77. The van der Waals surface area contributed by atoms with Gasteiger partial charge in [-0.2, -0.15) is 0 Å². The monoisotopic (exact) mass is 280 g/mol. The van der Waals surface area contributed by atoms with Crippen molar-refractivity contribution in [1.82, 2.24) is 9.55 Å². The molecule has 1 aromatic rings. The number of imidazole rings is 1. The molecule has 0 saturated heterocycles. The van der Waals surface area contributed by atoms with Gasteiger partial charge in [0, 0.05) is 30.2 Å². The molecule has 4 heteroatoms. The van der Waals surface area contributed by atoms with Crippen LogP contribution >= 0.6 is 32.9 Å². The fourth-order valence-electron chi connectivity index (χ4n) is 1.46. The van der Waals surface area contributed by atoms with Gasteiger partial charge in [0.15, 0.2) is 0 Å². The number of aryl methyl sites for hydroxylation is 1. The molecule has 2 nitrogen and oxygen atoms in total. The first-order valence-corrected chi connectivity index (χ1v) is 4.61. The molecule has 0 N–H and O–H groups in total. The summed E-state index contributed by atoms with van der Waals surface area (Å²) in [5.74, 6) is 1.24. The van der Waals surface area contributed by atoms with Gasteiger partial charge in [-0.15, -0.1) is 17.0 Å². The summed E-state index contributed by atoms with van der Waals surface area (Å²) < 4.78 is 2.26. The Bertz CT molecular complexity index is 234. The van der Waals surface area contributed by atoms with Crippen molar-refractivity contribution in [2.45, 2.75) is 18.9 Å². The van der Waals surface area contributed by atoms with Crippen LogP contribution in [-0.4, -0.2) is 14.9 Å². The van der Waals surface area contributed by atoms with Crippen LogP contribution in [0.5, 0.6) is 0 Å². The van der Waals surface area contributed by atoms with Gasteiger partial charge in [-0.25, -0.2) is 4.98 Å². The van der Waals surface area contributed by atoms with Crippen LogP contribution in [0.1, 0.15) is 18.3 Å². The second-order valence-electron chi connectivity index (χ2n) is 2.60. The highest BCUT2D eigenvalue weighted by Gasteiger charge is 2.20. The van der Waals surface area contributed by atoms with E-state index in [0.29, 0.717) is 6.04 Å². The van der Waals surface area contributed by atoms with Gasteiger partial charge in [0.1, 0.15) is 5.82 Å². The number of hydrogen-bond donors (Lipinski definition) is 0. The SMILES string of the molecule is Br.BrC[C@@H]1CCc2nccn21. The second kappa shape index (κ2) is 3.72. The molecule has 0 bridgehead atoms. The maximum atomic E-state index is 4.24. The zero-order valence-electron chi connectivity index (χ0n) is 6.03. The third-order valence-electron chi connectivity index (χ3n) is 2.02. The molecule has 0 unspecified atom stereocenters. The largest absolute Gasteiger partial charge is 0.331 e. The number of rotatable bonds is 1. The maximum Gasteiger partial charge on any atom is 0.108 e. The summed E-state index contributed by atoms with van der Waals surface area (Å²) in [4.78, 5) is 4.24. The Morgan fingerprint density at radius 1 is 1.73 bits per heavy atom. The second-order valence-corrected chi connectivity index (χ2v) is 3.25. The van der Waals surface area contributed by atoms with Gasteiger partial charge < -0.3 is 4.57 Å². The molecule has 0 spiro atoms. The molecule has 2 heterocycles. The highest BCUT2D eigenvalue weighted by atomic mass is 79.9. The first-order chi connectivity index (χ1) is 4.92. The third kappa shape index (κ3) is 1.51. The average Bonchev–Trinajstić information content (AvgIpc) is 2.44. The fraction of sp³-hybridized carbons (Fsp3) is 0.571. The van der Waals surface area contributed by atoms with Gasteiger partial charge in [-0.05, 0) is 6.42 Å². The minimum Gasteiger partial charge on any atom is -0.331 e. The molecule has 0 radical (unpaired) electrons. The zero-order chi connectivity index (χ0) is 6.97. The van der Waals surface area contributed by atoms with Crippen molar-refractivity contribution in [2.75, 3.05) is 5.33 Å². The van der Waals surface area contributed by atoms with Crippen molar-refractivity contribution in [3.05, 3.63) is 18.2 Å². The number of fused-ring (bicyclic) bond motifs is 1. The van der Waals surface area contributed by atoms with E-state index in [0.717, 1.165) is 11.8 Å². The van der Waals surface area contributed by atoms with Gasteiger partial charge in [0.2, 0.25) is 0 Å². The number of hydrogen-bond acceptors (Lipinski definition) is 1. The summed E-state index contributed by atoms with van der Waals surface area (Å²) in [5.41, 5.74) is 0. The van der Waals surface area contributed by atoms with Crippen molar-refractivity contribution >= 4 is 32.9 Å². The number of aromatic nitrogens is 2. The standard InChI is InChI=1S/C7H9BrN2.BrH/c8-5-6-1-2-7-9-3-4-10(6)7;/h3-4,6H,1-2,5H2;1H/t6-;/m0./s1. The Hall–Kier alpha value is 0.170. The predicted molar refractivity (Wildman–Crippen MR) is 53.7 cm³/mol. The van der Waals surface area contributed by atoms with Crippen molar-refractivity contribution in [1.29, 1.82) is 0 Å². The van der Waals surface area contributed by atoms with E-state index in [9.17, 15) is 0 Å². The van der Waals surface area contributed by atoms with Crippen molar-refractivity contribution in [2.24, 2.45) is 0 Å². The molecule has 1 aliphatic heterocycles. The molecule has 0 aliphatic carbocycles. The van der Waals surface area contributed by atoms with E-state index in [4.69, 9.17) is 0 Å². The molecular weight excluding hydrogens is 272 g/mol. The molecule has 0 fully saturated rings. The Balaban J connectivity index is 0.000000605. The summed E-state index contributed by atoms with van der Waals surface area (Å²) >= 11 is 3.48. The molecule has 1 aromatic heterocycles. The number of halogens is 2. The highest BCUT2D eigenvalue weighted by molar-refractivity contribution is 9.09. The van der Waals surface area contributed by atoms with Crippen molar-refractivity contribution < 1.29 is 0 Å². The quantitative estimate of drug-likeness (QED) is 0.723. The minimum atomic E-state index is 0. The van der Waals surface area contributed by atoms with E-state index in [2.05, 4.69) is 31.7 Å². The summed E-state index contributed by atoms with van der Waals surface area (Å²) in [6.45, 7) is 0. The van der Waals surface area contributed by atoms with E-state index in [1.54, 1.807) is 0 Å². The lowest BCUT2D eigenvalue weighted by atomic mass is 10.2. The van der Waals surface area contributed by atoms with Crippen LogP contribution in [0.25, 0.3) is 0 Å². The number of nitrogens with zero attached hydrogens (tertiary/aromatic N) is 2. The van der Waals surface area contributed by atoms with Crippen molar-refractivity contribution in [3.8, 4) is 0 Å². The van der Waals surface area contributed by atoms with E-state index in [1.165, 1.54) is 12.2 Å². The predicted octanol–water partition coefficient (Wildman–Crippen LogP) is 2.34. The van der Waals surface area contributed by atoms with E-state index < -0.39 is 0 Å². The van der Waals surface area contributed by atoms with Crippen molar-refractivity contribution in [3.63, 3.8) is 0 Å². The van der Waals surface area contributed by atoms with E-state index in [1.807, 2.05) is 6.20 Å². The van der Waals surface area contributed by atoms with Gasteiger partial charge in [0.25, 0.3) is 0 Å². The van der Waals surface area contributed by atoms with Crippen LogP contribution in [-0.2, 0) is 6.42 Å². The van der Waals surface area contributed by atoms with Crippen LogP contribution in [0.15, 0.2) is 12.4 Å². The maximum absolute atomic E-state index is 4.24. The molecule has 2 rings (SSSR count). The normalized spacial score (nSPS) is 21.0. The lowest BCUT2D eigenvalue weighted by Gasteiger charge is -2.06. The van der Waals surface area contributed by atoms with Gasteiger partial charge in [-0.1, -0.05) is 15.9 Å². The Labute approximate surface area is 84.9 Å². The summed E-state index contributed by atoms with van der Waals surface area (Å²) in [6, 6.07) is 0.650. The Kier molecular flexibility index (Phi) is 3.13.